The number of rotatable bonds is 5. The number of carbonyl (C=O) groups is 2. The molecule has 0 heterocycles. The van der Waals surface area contributed by atoms with Crippen molar-refractivity contribution in [2.45, 2.75) is 6.92 Å². The number of benzene rings is 2. The zero-order valence-electron chi connectivity index (χ0n) is 15.5. The first-order valence-electron chi connectivity index (χ1n) is 8.09. The minimum Gasteiger partial charge on any atom is -0.468 e. The van der Waals surface area contributed by atoms with E-state index in [0.717, 1.165) is 40.9 Å². The van der Waals surface area contributed by atoms with Crippen LogP contribution in [-0.4, -0.2) is 25.5 Å². The molecule has 7 heteroatoms. The lowest BCUT2D eigenvalue weighted by atomic mass is 10.0. The zero-order valence-corrected chi connectivity index (χ0v) is 17.1. The van der Waals surface area contributed by atoms with Crippen molar-refractivity contribution in [1.82, 2.24) is 5.32 Å². The molecule has 1 N–H and O–H groups in total. The van der Waals surface area contributed by atoms with Gasteiger partial charge in [-0.2, -0.15) is 0 Å². The summed E-state index contributed by atoms with van der Waals surface area (Å²) in [4.78, 5) is 22.0. The van der Waals surface area contributed by atoms with Crippen molar-refractivity contribution < 1.29 is 23.1 Å². The highest BCUT2D eigenvalue weighted by Gasteiger charge is 2.17. The van der Waals surface area contributed by atoms with Crippen LogP contribution in [0.4, 0.5) is 8.78 Å². The summed E-state index contributed by atoms with van der Waals surface area (Å²) >= 11 is 3.46. The quantitative estimate of drug-likeness (QED) is 0.656. The fraction of sp³-hybridized carbons (Fsp3) is 0.143. The number of nitrogens with one attached hydrogen (secondary N) is 1. The van der Waals surface area contributed by atoms with Gasteiger partial charge in [-0.25, -0.2) is 8.78 Å². The molecule has 0 fully saturated rings. The molecule has 0 radical (unpaired) electrons. The Morgan fingerprint density at radius 2 is 1.68 bits per heavy atom. The van der Waals surface area contributed by atoms with Crippen LogP contribution in [0, 0.1) is 18.6 Å². The standard InChI is InChI=1S/C11H11Br.C10H9F2NO3/c1-4-9-8(3)6-7-11(12)10(9)5-2;1-16-8(14)5-13-10(15)9-6(11)3-2-4-7(9)12/h4-7H,1-2H2,3H3;2-4H,5H2,1H3,(H,13,15). The molecule has 0 saturated heterocycles. The Hall–Kier alpha value is -2.80. The van der Waals surface area contributed by atoms with Crippen LogP contribution in [-0.2, 0) is 9.53 Å². The number of esters is 1. The normalized spacial score (nSPS) is 9.61. The van der Waals surface area contributed by atoms with Crippen molar-refractivity contribution in [2.24, 2.45) is 0 Å². The summed E-state index contributed by atoms with van der Waals surface area (Å²) in [5.41, 5.74) is 2.78. The summed E-state index contributed by atoms with van der Waals surface area (Å²) in [6.07, 6.45) is 3.70. The minimum absolute atomic E-state index is 0.441. The van der Waals surface area contributed by atoms with Crippen molar-refractivity contribution in [2.75, 3.05) is 13.7 Å². The number of carbonyl (C=O) groups excluding carboxylic acids is 2. The van der Waals surface area contributed by atoms with Crippen LogP contribution < -0.4 is 5.32 Å². The average molecular weight is 452 g/mol. The molecule has 2 aromatic rings. The van der Waals surface area contributed by atoms with Gasteiger partial charge in [-0.3, -0.25) is 9.59 Å². The molecule has 0 saturated carbocycles. The van der Waals surface area contributed by atoms with Crippen LogP contribution in [0.25, 0.3) is 12.2 Å². The van der Waals surface area contributed by atoms with Gasteiger partial charge in [0.05, 0.1) is 7.11 Å². The van der Waals surface area contributed by atoms with Gasteiger partial charge in [0, 0.05) is 4.47 Å². The third-order valence-electron chi connectivity index (χ3n) is 3.67. The van der Waals surface area contributed by atoms with E-state index >= 15 is 0 Å². The fourth-order valence-corrected chi connectivity index (χ4v) is 2.73. The molecule has 0 unspecified atom stereocenters. The van der Waals surface area contributed by atoms with E-state index in [2.05, 4.69) is 46.8 Å². The van der Waals surface area contributed by atoms with E-state index in [1.54, 1.807) is 0 Å². The molecule has 0 aliphatic carbocycles. The lowest BCUT2D eigenvalue weighted by molar-refractivity contribution is -0.139. The van der Waals surface area contributed by atoms with Crippen molar-refractivity contribution in [3.63, 3.8) is 0 Å². The lowest BCUT2D eigenvalue weighted by Crippen LogP contribution is -2.31. The first-order chi connectivity index (χ1) is 13.3. The van der Waals surface area contributed by atoms with Crippen LogP contribution in [0.2, 0.25) is 0 Å². The van der Waals surface area contributed by atoms with Crippen molar-refractivity contribution in [3.8, 4) is 0 Å². The molecule has 4 nitrogen and oxygen atoms in total. The summed E-state index contributed by atoms with van der Waals surface area (Å²) in [7, 11) is 1.14. The zero-order chi connectivity index (χ0) is 21.3. The predicted octanol–water partition coefficient (Wildman–Crippen LogP) is 4.91. The van der Waals surface area contributed by atoms with Crippen LogP contribution in [0.3, 0.4) is 0 Å². The van der Waals surface area contributed by atoms with Crippen LogP contribution in [0.15, 0.2) is 48.0 Å². The molecule has 0 atom stereocenters. The number of hydrogen-bond acceptors (Lipinski definition) is 3. The van der Waals surface area contributed by atoms with Gasteiger partial charge in [-0.15, -0.1) is 0 Å². The molecule has 148 valence electrons. The SMILES string of the molecule is C=Cc1c(C)ccc(Br)c1C=C.COC(=O)CNC(=O)c1c(F)cccc1F. The second-order valence-electron chi connectivity index (χ2n) is 5.46. The van der Waals surface area contributed by atoms with E-state index in [1.807, 2.05) is 23.5 Å². The van der Waals surface area contributed by atoms with Crippen molar-refractivity contribution in [3.05, 3.63) is 81.9 Å². The molecule has 28 heavy (non-hydrogen) atoms. The topological polar surface area (TPSA) is 55.4 Å². The highest BCUT2D eigenvalue weighted by Crippen LogP contribution is 2.25. The van der Waals surface area contributed by atoms with Gasteiger partial charge >= 0.3 is 5.97 Å². The highest BCUT2D eigenvalue weighted by atomic mass is 79.9. The molecular weight excluding hydrogens is 432 g/mol. The van der Waals surface area contributed by atoms with Gasteiger partial charge in [0.25, 0.3) is 5.91 Å². The smallest absolute Gasteiger partial charge is 0.325 e. The second kappa shape index (κ2) is 11.1. The molecule has 0 spiro atoms. The Balaban J connectivity index is 0.000000292. The molecule has 0 bridgehead atoms. The Labute approximate surface area is 171 Å². The number of amides is 1. The van der Waals surface area contributed by atoms with Crippen LogP contribution in [0.5, 0.6) is 0 Å². The van der Waals surface area contributed by atoms with Gasteiger partial charge in [0.1, 0.15) is 23.7 Å². The minimum atomic E-state index is -0.999. The molecule has 2 aromatic carbocycles. The van der Waals surface area contributed by atoms with Crippen molar-refractivity contribution in [1.29, 1.82) is 0 Å². The first-order valence-corrected chi connectivity index (χ1v) is 8.89. The molecule has 1 amide bonds. The van der Waals surface area contributed by atoms with Gasteiger partial charge < -0.3 is 10.1 Å². The number of hydrogen-bond donors (Lipinski definition) is 1. The number of methoxy groups -OCH3 is 1. The van der Waals surface area contributed by atoms with E-state index in [4.69, 9.17) is 0 Å². The summed E-state index contributed by atoms with van der Waals surface area (Å²) in [5.74, 6) is -3.67. The molecule has 0 aliphatic rings. The average Bonchev–Trinajstić information content (AvgIpc) is 2.67. The lowest BCUT2D eigenvalue weighted by Gasteiger charge is -2.06. The van der Waals surface area contributed by atoms with Crippen LogP contribution >= 0.6 is 15.9 Å². The maximum absolute atomic E-state index is 13.1. The number of ether oxygens (including phenoxy) is 1. The monoisotopic (exact) mass is 451 g/mol. The maximum Gasteiger partial charge on any atom is 0.325 e. The van der Waals surface area contributed by atoms with E-state index in [0.29, 0.717) is 0 Å². The number of halogens is 3. The van der Waals surface area contributed by atoms with Gasteiger partial charge in [-0.1, -0.05) is 53.4 Å². The molecule has 0 aromatic heterocycles. The maximum atomic E-state index is 13.1. The summed E-state index contributed by atoms with van der Waals surface area (Å²) in [6, 6.07) is 7.14. The molecule has 2 rings (SSSR count). The third kappa shape index (κ3) is 6.13. The van der Waals surface area contributed by atoms with E-state index in [-0.39, 0.29) is 0 Å². The fourth-order valence-electron chi connectivity index (χ4n) is 2.22. The van der Waals surface area contributed by atoms with Gasteiger partial charge in [0.15, 0.2) is 0 Å². The second-order valence-corrected chi connectivity index (χ2v) is 6.31. The van der Waals surface area contributed by atoms with Gasteiger partial charge in [-0.05, 0) is 41.8 Å². The van der Waals surface area contributed by atoms with E-state index in [9.17, 15) is 18.4 Å². The van der Waals surface area contributed by atoms with Gasteiger partial charge in [0.2, 0.25) is 0 Å². The van der Waals surface area contributed by atoms with Crippen LogP contribution in [0.1, 0.15) is 27.0 Å². The molecule has 0 aliphatic heterocycles. The third-order valence-corrected chi connectivity index (χ3v) is 4.36. The van der Waals surface area contributed by atoms with E-state index < -0.39 is 35.6 Å². The van der Waals surface area contributed by atoms with E-state index in [1.165, 1.54) is 5.56 Å². The summed E-state index contributed by atoms with van der Waals surface area (Å²) < 4.78 is 31.5. The number of aryl methyl sites for hydroxylation is 1. The Bertz CT molecular complexity index is 844. The first kappa shape index (κ1) is 23.2. The summed E-state index contributed by atoms with van der Waals surface area (Å²) in [6.45, 7) is 9.16. The Morgan fingerprint density at radius 1 is 1.11 bits per heavy atom. The van der Waals surface area contributed by atoms with Crippen molar-refractivity contribution >= 4 is 40.0 Å². The Kier molecular flexibility index (Phi) is 9.24. The highest BCUT2D eigenvalue weighted by molar-refractivity contribution is 9.10. The molecular formula is C21H20BrF2NO3. The Morgan fingerprint density at radius 3 is 2.14 bits per heavy atom. The largest absolute Gasteiger partial charge is 0.468 e. The predicted molar refractivity (Wildman–Crippen MR) is 110 cm³/mol. The summed E-state index contributed by atoms with van der Waals surface area (Å²) in [5, 5.41) is 2.04.